The van der Waals surface area contributed by atoms with E-state index in [0.717, 1.165) is 25.6 Å². The SMILES string of the molecule is COc1cc(S(=O)(=O)N2CCOCC2)cc(C(=O)N2CCN(CC3CC3)CC2)c1OC. The van der Waals surface area contributed by atoms with E-state index in [9.17, 15) is 13.2 Å². The number of carbonyl (C=O) groups excluding carboxylic acids is 1. The molecule has 1 amide bonds. The predicted molar refractivity (Wildman–Crippen MR) is 114 cm³/mol. The number of hydrogen-bond acceptors (Lipinski definition) is 7. The fourth-order valence-corrected chi connectivity index (χ4v) is 5.60. The second kappa shape index (κ2) is 9.32. The summed E-state index contributed by atoms with van der Waals surface area (Å²) in [7, 11) is -0.888. The fraction of sp³-hybridized carbons (Fsp3) is 0.667. The lowest BCUT2D eigenvalue weighted by Gasteiger charge is -2.35. The van der Waals surface area contributed by atoms with Crippen molar-refractivity contribution in [2.45, 2.75) is 17.7 Å². The third-order valence-corrected chi connectivity index (χ3v) is 8.04. The second-order valence-electron chi connectivity index (χ2n) is 8.26. The third kappa shape index (κ3) is 4.82. The van der Waals surface area contributed by atoms with E-state index in [-0.39, 0.29) is 41.0 Å². The molecule has 1 saturated carbocycles. The van der Waals surface area contributed by atoms with Crippen molar-refractivity contribution in [2.75, 3.05) is 73.2 Å². The maximum atomic E-state index is 13.4. The number of benzene rings is 1. The predicted octanol–water partition coefficient (Wildman–Crippen LogP) is 0.893. The summed E-state index contributed by atoms with van der Waals surface area (Å²) in [6.45, 7) is 5.24. The van der Waals surface area contributed by atoms with E-state index in [1.54, 1.807) is 4.90 Å². The van der Waals surface area contributed by atoms with E-state index in [1.807, 2.05) is 0 Å². The van der Waals surface area contributed by atoms with E-state index in [0.29, 0.717) is 26.3 Å². The Labute approximate surface area is 183 Å². The molecule has 1 aliphatic carbocycles. The van der Waals surface area contributed by atoms with Crippen molar-refractivity contribution in [1.29, 1.82) is 0 Å². The number of hydrogen-bond donors (Lipinski definition) is 0. The van der Waals surface area contributed by atoms with Crippen LogP contribution < -0.4 is 9.47 Å². The molecule has 3 fully saturated rings. The summed E-state index contributed by atoms with van der Waals surface area (Å²) < 4.78 is 43.9. The lowest BCUT2D eigenvalue weighted by Crippen LogP contribution is -2.49. The first-order valence-electron chi connectivity index (χ1n) is 10.8. The molecule has 2 heterocycles. The highest BCUT2D eigenvalue weighted by molar-refractivity contribution is 7.89. The molecule has 9 nitrogen and oxygen atoms in total. The van der Waals surface area contributed by atoms with Crippen LogP contribution in [-0.2, 0) is 14.8 Å². The minimum absolute atomic E-state index is 0.0303. The molecule has 0 bridgehead atoms. The van der Waals surface area contributed by atoms with Gasteiger partial charge < -0.3 is 19.1 Å². The van der Waals surface area contributed by atoms with Crippen molar-refractivity contribution < 1.29 is 27.4 Å². The lowest BCUT2D eigenvalue weighted by atomic mass is 10.1. The van der Waals surface area contributed by atoms with Crippen molar-refractivity contribution >= 4 is 15.9 Å². The van der Waals surface area contributed by atoms with Crippen LogP contribution in [0.25, 0.3) is 0 Å². The summed E-state index contributed by atoms with van der Waals surface area (Å²) in [6, 6.07) is 2.85. The summed E-state index contributed by atoms with van der Waals surface area (Å²) >= 11 is 0. The number of sulfonamides is 1. The van der Waals surface area contributed by atoms with Gasteiger partial charge in [-0.15, -0.1) is 0 Å². The number of rotatable bonds is 7. The van der Waals surface area contributed by atoms with Gasteiger partial charge in [-0.25, -0.2) is 8.42 Å². The number of methoxy groups -OCH3 is 2. The molecule has 0 atom stereocenters. The van der Waals surface area contributed by atoms with Gasteiger partial charge in [0.2, 0.25) is 10.0 Å². The Morgan fingerprint density at radius 1 is 1.03 bits per heavy atom. The van der Waals surface area contributed by atoms with Crippen molar-refractivity contribution in [3.8, 4) is 11.5 Å². The van der Waals surface area contributed by atoms with Gasteiger partial charge in [-0.3, -0.25) is 9.69 Å². The number of ether oxygens (including phenoxy) is 3. The Morgan fingerprint density at radius 3 is 2.29 bits per heavy atom. The molecule has 0 unspecified atom stereocenters. The highest BCUT2D eigenvalue weighted by Crippen LogP contribution is 2.36. The van der Waals surface area contributed by atoms with Gasteiger partial charge in [-0.05, 0) is 24.8 Å². The fourth-order valence-electron chi connectivity index (χ4n) is 4.15. The van der Waals surface area contributed by atoms with Gasteiger partial charge >= 0.3 is 0 Å². The minimum Gasteiger partial charge on any atom is -0.493 e. The molecule has 1 aromatic carbocycles. The number of nitrogens with zero attached hydrogens (tertiary/aromatic N) is 3. The van der Waals surface area contributed by atoms with Crippen LogP contribution in [0.1, 0.15) is 23.2 Å². The van der Waals surface area contributed by atoms with Crippen LogP contribution in [0.4, 0.5) is 0 Å². The molecule has 31 heavy (non-hydrogen) atoms. The average molecular weight is 454 g/mol. The van der Waals surface area contributed by atoms with Gasteiger partial charge in [-0.2, -0.15) is 4.31 Å². The van der Waals surface area contributed by atoms with Crippen LogP contribution in [0, 0.1) is 5.92 Å². The van der Waals surface area contributed by atoms with E-state index >= 15 is 0 Å². The van der Waals surface area contributed by atoms with Crippen molar-refractivity contribution in [2.24, 2.45) is 5.92 Å². The summed E-state index contributed by atoms with van der Waals surface area (Å²) in [4.78, 5) is 17.6. The van der Waals surface area contributed by atoms with Crippen LogP contribution in [0.5, 0.6) is 11.5 Å². The highest BCUT2D eigenvalue weighted by atomic mass is 32.2. The number of morpholine rings is 1. The zero-order chi connectivity index (χ0) is 22.0. The maximum Gasteiger partial charge on any atom is 0.257 e. The van der Waals surface area contributed by atoms with Gasteiger partial charge in [0.1, 0.15) is 0 Å². The highest BCUT2D eigenvalue weighted by Gasteiger charge is 2.33. The molecule has 2 aliphatic heterocycles. The molecule has 0 aromatic heterocycles. The summed E-state index contributed by atoms with van der Waals surface area (Å²) in [6.07, 6.45) is 2.61. The second-order valence-corrected chi connectivity index (χ2v) is 10.2. The van der Waals surface area contributed by atoms with Crippen LogP contribution in [0.3, 0.4) is 0 Å². The van der Waals surface area contributed by atoms with E-state index in [2.05, 4.69) is 4.90 Å². The monoisotopic (exact) mass is 453 g/mol. The molecule has 0 radical (unpaired) electrons. The Bertz CT molecular complexity index is 904. The normalized spacial score (nSPS) is 21.2. The summed E-state index contributed by atoms with van der Waals surface area (Å²) in [5.41, 5.74) is 0.212. The number of piperazine rings is 1. The number of amides is 1. The van der Waals surface area contributed by atoms with Crippen LogP contribution in [-0.4, -0.2) is 102 Å². The minimum atomic E-state index is -3.78. The molecule has 0 N–H and O–H groups in total. The summed E-state index contributed by atoms with van der Waals surface area (Å²) in [5.74, 6) is 1.07. The van der Waals surface area contributed by atoms with Crippen LogP contribution in [0.2, 0.25) is 0 Å². The molecular weight excluding hydrogens is 422 g/mol. The first kappa shape index (κ1) is 22.3. The van der Waals surface area contributed by atoms with Gasteiger partial charge in [-0.1, -0.05) is 0 Å². The smallest absolute Gasteiger partial charge is 0.257 e. The first-order chi connectivity index (χ1) is 14.9. The molecule has 172 valence electrons. The molecular formula is C21H31N3O6S. The topological polar surface area (TPSA) is 88.6 Å². The lowest BCUT2D eigenvalue weighted by molar-refractivity contribution is 0.0627. The molecule has 1 aromatic rings. The van der Waals surface area contributed by atoms with E-state index in [1.165, 1.54) is 43.5 Å². The van der Waals surface area contributed by atoms with Crippen molar-refractivity contribution in [1.82, 2.24) is 14.1 Å². The molecule has 2 saturated heterocycles. The first-order valence-corrected chi connectivity index (χ1v) is 12.2. The molecule has 4 rings (SSSR count). The molecule has 3 aliphatic rings. The van der Waals surface area contributed by atoms with Crippen LogP contribution in [0.15, 0.2) is 17.0 Å². The Balaban J connectivity index is 1.59. The van der Waals surface area contributed by atoms with Gasteiger partial charge in [0.25, 0.3) is 5.91 Å². The van der Waals surface area contributed by atoms with Crippen molar-refractivity contribution in [3.63, 3.8) is 0 Å². The third-order valence-electron chi connectivity index (χ3n) is 6.16. The van der Waals surface area contributed by atoms with Crippen molar-refractivity contribution in [3.05, 3.63) is 17.7 Å². The molecule has 0 spiro atoms. The Morgan fingerprint density at radius 2 is 1.71 bits per heavy atom. The standard InChI is InChI=1S/C21H31N3O6S/c1-28-19-14-17(31(26,27)24-9-11-30-12-10-24)13-18(20(19)29-2)21(25)23-7-5-22(6-8-23)15-16-3-4-16/h13-14,16H,3-12,15H2,1-2H3. The zero-order valence-electron chi connectivity index (χ0n) is 18.2. The Kier molecular flexibility index (Phi) is 6.71. The summed E-state index contributed by atoms with van der Waals surface area (Å²) in [5, 5.41) is 0. The van der Waals surface area contributed by atoms with E-state index in [4.69, 9.17) is 14.2 Å². The average Bonchev–Trinajstić information content (AvgIpc) is 3.62. The molecule has 10 heteroatoms. The zero-order valence-corrected chi connectivity index (χ0v) is 19.0. The van der Waals surface area contributed by atoms with Gasteiger partial charge in [0, 0.05) is 51.9 Å². The van der Waals surface area contributed by atoms with E-state index < -0.39 is 10.0 Å². The quantitative estimate of drug-likeness (QED) is 0.606. The van der Waals surface area contributed by atoms with Gasteiger partial charge in [0.05, 0.1) is 37.9 Å². The van der Waals surface area contributed by atoms with Crippen LogP contribution >= 0.6 is 0 Å². The largest absolute Gasteiger partial charge is 0.493 e. The maximum absolute atomic E-state index is 13.4. The number of carbonyl (C=O) groups is 1. The Hall–Kier alpha value is -1.88. The van der Waals surface area contributed by atoms with Gasteiger partial charge in [0.15, 0.2) is 11.5 Å².